The van der Waals surface area contributed by atoms with Crippen molar-refractivity contribution in [1.29, 1.82) is 0 Å². The quantitative estimate of drug-likeness (QED) is 0.491. The number of anilines is 1. The number of nitrogens with zero attached hydrogens (tertiary/aromatic N) is 1. The number of aryl methyl sites for hydroxylation is 2. The Morgan fingerprint density at radius 3 is 2.41 bits per heavy atom. The van der Waals surface area contributed by atoms with E-state index in [0.717, 1.165) is 24.1 Å². The molecule has 0 aliphatic rings. The highest BCUT2D eigenvalue weighted by molar-refractivity contribution is 7.92. The van der Waals surface area contributed by atoms with Crippen LogP contribution in [0.15, 0.2) is 59.6 Å². The lowest BCUT2D eigenvalue weighted by atomic mass is 10.1. The van der Waals surface area contributed by atoms with Gasteiger partial charge in [0, 0.05) is 23.5 Å². The molecule has 0 unspecified atom stereocenters. The van der Waals surface area contributed by atoms with E-state index in [4.69, 9.17) is 0 Å². The van der Waals surface area contributed by atoms with E-state index in [2.05, 4.69) is 20.2 Å². The van der Waals surface area contributed by atoms with Gasteiger partial charge in [-0.3, -0.25) is 14.6 Å². The molecule has 0 aliphatic heterocycles. The van der Waals surface area contributed by atoms with Crippen LogP contribution in [0, 0.1) is 12.7 Å². The minimum absolute atomic E-state index is 0.00816. The average Bonchev–Trinajstić information content (AvgIpc) is 3.11. The van der Waals surface area contributed by atoms with Gasteiger partial charge >= 0.3 is 0 Å². The SMILES string of the molecule is Cc1[nH]ncc1CCCNC(=O)c1ccc(S(=O)(=O)Nc2ccc(F)cc2)cc1. The summed E-state index contributed by atoms with van der Waals surface area (Å²) in [6, 6.07) is 10.6. The fourth-order valence-corrected chi connectivity index (χ4v) is 3.79. The van der Waals surface area contributed by atoms with Crippen molar-refractivity contribution in [2.24, 2.45) is 0 Å². The van der Waals surface area contributed by atoms with Crippen LogP contribution in [0.2, 0.25) is 0 Å². The van der Waals surface area contributed by atoms with Gasteiger partial charge in [0.15, 0.2) is 0 Å². The Morgan fingerprint density at radius 1 is 1.10 bits per heavy atom. The van der Waals surface area contributed by atoms with E-state index < -0.39 is 15.8 Å². The highest BCUT2D eigenvalue weighted by Crippen LogP contribution is 2.17. The molecular formula is C20H21FN4O3S. The maximum Gasteiger partial charge on any atom is 0.261 e. The lowest BCUT2D eigenvalue weighted by molar-refractivity contribution is 0.0953. The standard InChI is InChI=1S/C20H21FN4O3S/c1-14-16(13-23-24-14)3-2-12-22-20(26)15-4-10-19(11-5-15)29(27,28)25-18-8-6-17(21)7-9-18/h4-11,13,25H,2-3,12H2,1H3,(H,22,26)(H,23,24). The number of aromatic amines is 1. The molecule has 0 fully saturated rings. The number of nitrogens with one attached hydrogen (secondary N) is 3. The van der Waals surface area contributed by atoms with Gasteiger partial charge in [0.05, 0.1) is 11.1 Å². The van der Waals surface area contributed by atoms with Crippen molar-refractivity contribution in [2.75, 3.05) is 11.3 Å². The third kappa shape index (κ3) is 5.41. The maximum atomic E-state index is 12.9. The van der Waals surface area contributed by atoms with E-state index in [1.807, 2.05) is 6.92 Å². The van der Waals surface area contributed by atoms with E-state index in [-0.39, 0.29) is 16.5 Å². The van der Waals surface area contributed by atoms with Crippen LogP contribution in [0.1, 0.15) is 28.0 Å². The zero-order valence-corrected chi connectivity index (χ0v) is 16.6. The zero-order valence-electron chi connectivity index (χ0n) is 15.8. The summed E-state index contributed by atoms with van der Waals surface area (Å²) >= 11 is 0. The molecule has 0 spiro atoms. The number of rotatable bonds is 8. The highest BCUT2D eigenvalue weighted by Gasteiger charge is 2.15. The van der Waals surface area contributed by atoms with Gasteiger partial charge in [-0.2, -0.15) is 5.10 Å². The van der Waals surface area contributed by atoms with Gasteiger partial charge in [0.2, 0.25) is 0 Å². The number of aromatic nitrogens is 2. The molecule has 0 saturated carbocycles. The van der Waals surface area contributed by atoms with E-state index in [1.54, 1.807) is 6.20 Å². The minimum atomic E-state index is -3.83. The number of hydrogen-bond donors (Lipinski definition) is 3. The number of benzene rings is 2. The van der Waals surface area contributed by atoms with Crippen molar-refractivity contribution in [2.45, 2.75) is 24.7 Å². The third-order valence-electron chi connectivity index (χ3n) is 4.37. The number of carbonyl (C=O) groups excluding carboxylic acids is 1. The first-order chi connectivity index (χ1) is 13.8. The summed E-state index contributed by atoms with van der Waals surface area (Å²) in [7, 11) is -3.83. The van der Waals surface area contributed by atoms with Crippen LogP contribution in [0.3, 0.4) is 0 Å². The molecule has 1 aromatic heterocycles. The third-order valence-corrected chi connectivity index (χ3v) is 5.76. The molecule has 0 saturated heterocycles. The van der Waals surface area contributed by atoms with Crippen LogP contribution in [0.25, 0.3) is 0 Å². The van der Waals surface area contributed by atoms with Gasteiger partial charge in [-0.25, -0.2) is 12.8 Å². The Bertz CT molecular complexity index is 1080. The van der Waals surface area contributed by atoms with Gasteiger partial charge in [-0.15, -0.1) is 0 Å². The number of sulfonamides is 1. The molecule has 7 nitrogen and oxygen atoms in total. The molecule has 3 aromatic rings. The van der Waals surface area contributed by atoms with Gasteiger partial charge in [0.1, 0.15) is 5.82 Å². The van der Waals surface area contributed by atoms with E-state index >= 15 is 0 Å². The second-order valence-corrected chi connectivity index (χ2v) is 8.20. The summed E-state index contributed by atoms with van der Waals surface area (Å²) in [5.41, 5.74) is 2.75. The smallest absolute Gasteiger partial charge is 0.261 e. The highest BCUT2D eigenvalue weighted by atomic mass is 32.2. The summed E-state index contributed by atoms with van der Waals surface area (Å²) in [5.74, 6) is -0.729. The Balaban J connectivity index is 1.55. The molecule has 0 radical (unpaired) electrons. The van der Waals surface area contributed by atoms with Crippen molar-refractivity contribution >= 4 is 21.6 Å². The number of amides is 1. The number of hydrogen-bond acceptors (Lipinski definition) is 4. The first-order valence-corrected chi connectivity index (χ1v) is 10.5. The lowest BCUT2D eigenvalue weighted by Gasteiger charge is -2.09. The van der Waals surface area contributed by atoms with Crippen LogP contribution in [-0.2, 0) is 16.4 Å². The first-order valence-electron chi connectivity index (χ1n) is 9.01. The van der Waals surface area contributed by atoms with Gasteiger partial charge in [-0.05, 0) is 73.9 Å². The molecule has 3 N–H and O–H groups in total. The number of halogens is 1. The molecule has 0 aliphatic carbocycles. The Hall–Kier alpha value is -3.20. The van der Waals surface area contributed by atoms with E-state index in [0.29, 0.717) is 12.1 Å². The second kappa shape index (κ2) is 8.87. The van der Waals surface area contributed by atoms with Gasteiger partial charge in [-0.1, -0.05) is 0 Å². The van der Waals surface area contributed by atoms with Crippen LogP contribution in [0.5, 0.6) is 0 Å². The summed E-state index contributed by atoms with van der Waals surface area (Å²) < 4.78 is 40.1. The molecule has 152 valence electrons. The molecule has 3 rings (SSSR count). The van der Waals surface area contributed by atoms with Crippen LogP contribution >= 0.6 is 0 Å². The molecule has 29 heavy (non-hydrogen) atoms. The maximum absolute atomic E-state index is 12.9. The fourth-order valence-electron chi connectivity index (χ4n) is 2.73. The van der Waals surface area contributed by atoms with Crippen molar-refractivity contribution in [1.82, 2.24) is 15.5 Å². The largest absolute Gasteiger partial charge is 0.352 e. The van der Waals surface area contributed by atoms with Crippen LogP contribution in [0.4, 0.5) is 10.1 Å². The molecule has 0 atom stereocenters. The summed E-state index contributed by atoms with van der Waals surface area (Å²) in [6.45, 7) is 2.44. The summed E-state index contributed by atoms with van der Waals surface area (Å²) in [5, 5.41) is 9.64. The Morgan fingerprint density at radius 2 is 1.79 bits per heavy atom. The monoisotopic (exact) mass is 416 g/mol. The van der Waals surface area contributed by atoms with Crippen molar-refractivity contribution in [3.05, 3.63) is 77.4 Å². The van der Waals surface area contributed by atoms with Crippen molar-refractivity contribution in [3.63, 3.8) is 0 Å². The van der Waals surface area contributed by atoms with E-state index in [9.17, 15) is 17.6 Å². The zero-order chi connectivity index (χ0) is 20.9. The van der Waals surface area contributed by atoms with Crippen LogP contribution < -0.4 is 10.0 Å². The van der Waals surface area contributed by atoms with Crippen molar-refractivity contribution < 1.29 is 17.6 Å². The van der Waals surface area contributed by atoms with Gasteiger partial charge < -0.3 is 5.32 Å². The molecule has 9 heteroatoms. The second-order valence-electron chi connectivity index (χ2n) is 6.52. The molecule has 0 bridgehead atoms. The fraction of sp³-hybridized carbons (Fsp3) is 0.200. The normalized spacial score (nSPS) is 11.2. The topological polar surface area (TPSA) is 104 Å². The minimum Gasteiger partial charge on any atom is -0.352 e. The Kier molecular flexibility index (Phi) is 6.28. The average molecular weight is 416 g/mol. The molecule has 1 amide bonds. The number of carbonyl (C=O) groups is 1. The first kappa shape index (κ1) is 20.5. The van der Waals surface area contributed by atoms with Crippen LogP contribution in [-0.4, -0.2) is 31.1 Å². The van der Waals surface area contributed by atoms with Crippen molar-refractivity contribution in [3.8, 4) is 0 Å². The predicted octanol–water partition coefficient (Wildman–Crippen LogP) is 3.02. The lowest BCUT2D eigenvalue weighted by Crippen LogP contribution is -2.24. The van der Waals surface area contributed by atoms with E-state index in [1.165, 1.54) is 48.5 Å². The van der Waals surface area contributed by atoms with Gasteiger partial charge in [0.25, 0.3) is 15.9 Å². The molecular weight excluding hydrogens is 395 g/mol. The summed E-state index contributed by atoms with van der Waals surface area (Å²) in [4.78, 5) is 12.2. The predicted molar refractivity (Wildman–Crippen MR) is 108 cm³/mol. The molecule has 2 aromatic carbocycles. The summed E-state index contributed by atoms with van der Waals surface area (Å²) in [6.07, 6.45) is 3.34. The Labute approximate surface area is 168 Å². The number of H-pyrrole nitrogens is 1. The molecule has 1 heterocycles.